The molecular weight excluding hydrogens is 262 g/mol. The van der Waals surface area contributed by atoms with Crippen LogP contribution in [0.15, 0.2) is 30.6 Å². The van der Waals surface area contributed by atoms with Crippen LogP contribution in [0.2, 0.25) is 0 Å². The number of benzene rings is 1. The summed E-state index contributed by atoms with van der Waals surface area (Å²) in [5.41, 5.74) is 2.51. The number of rotatable bonds is 4. The average molecular weight is 285 g/mol. The van der Waals surface area contributed by atoms with Crippen LogP contribution in [0, 0.1) is 0 Å². The topological polar surface area (TPSA) is 47.0 Å². The van der Waals surface area contributed by atoms with E-state index in [0.29, 0.717) is 5.88 Å². The molecule has 0 amide bonds. The van der Waals surface area contributed by atoms with Crippen LogP contribution in [0.5, 0.6) is 11.6 Å². The van der Waals surface area contributed by atoms with Crippen molar-refractivity contribution in [2.24, 2.45) is 0 Å². The van der Waals surface area contributed by atoms with E-state index in [2.05, 4.69) is 55.1 Å². The van der Waals surface area contributed by atoms with Crippen molar-refractivity contribution >= 4 is 5.82 Å². The Kier molecular flexibility index (Phi) is 4.46. The van der Waals surface area contributed by atoms with Crippen LogP contribution in [-0.2, 0) is 11.8 Å². The molecule has 1 heterocycles. The Labute approximate surface area is 126 Å². The van der Waals surface area contributed by atoms with E-state index in [4.69, 9.17) is 4.74 Å². The van der Waals surface area contributed by atoms with Crippen LogP contribution in [0.25, 0.3) is 0 Å². The standard InChI is InChI=1S/C17H23N3O/c1-6-12-7-8-14(13(9-12)17(2,3)4)21-16-10-15(18-5)19-11-20-16/h7-11H,6H2,1-5H3,(H,18,19,20). The lowest BCUT2D eigenvalue weighted by molar-refractivity contribution is 0.438. The van der Waals surface area contributed by atoms with E-state index in [1.807, 2.05) is 13.1 Å². The molecular formula is C17H23N3O. The summed E-state index contributed by atoms with van der Waals surface area (Å²) in [5, 5.41) is 2.99. The van der Waals surface area contributed by atoms with Gasteiger partial charge in [-0.1, -0.05) is 39.8 Å². The first-order valence-corrected chi connectivity index (χ1v) is 7.25. The van der Waals surface area contributed by atoms with Crippen LogP contribution in [0.3, 0.4) is 0 Å². The molecule has 1 aromatic heterocycles. The van der Waals surface area contributed by atoms with Gasteiger partial charge in [0.2, 0.25) is 5.88 Å². The molecule has 0 aliphatic heterocycles. The zero-order valence-corrected chi connectivity index (χ0v) is 13.4. The maximum atomic E-state index is 5.99. The van der Waals surface area contributed by atoms with Gasteiger partial charge < -0.3 is 10.1 Å². The first-order valence-electron chi connectivity index (χ1n) is 7.25. The van der Waals surface area contributed by atoms with Gasteiger partial charge in [-0.2, -0.15) is 0 Å². The summed E-state index contributed by atoms with van der Waals surface area (Å²) in [7, 11) is 1.82. The van der Waals surface area contributed by atoms with E-state index in [0.717, 1.165) is 18.0 Å². The molecule has 0 atom stereocenters. The monoisotopic (exact) mass is 285 g/mol. The smallest absolute Gasteiger partial charge is 0.224 e. The number of hydrogen-bond acceptors (Lipinski definition) is 4. The molecule has 4 nitrogen and oxygen atoms in total. The fraction of sp³-hybridized carbons (Fsp3) is 0.412. The lowest BCUT2D eigenvalue weighted by Gasteiger charge is -2.23. The molecule has 0 saturated heterocycles. The van der Waals surface area contributed by atoms with Crippen molar-refractivity contribution in [3.8, 4) is 11.6 Å². The Hall–Kier alpha value is -2.10. The molecule has 0 aliphatic carbocycles. The third-order valence-electron chi connectivity index (χ3n) is 3.37. The van der Waals surface area contributed by atoms with E-state index in [1.165, 1.54) is 17.5 Å². The van der Waals surface area contributed by atoms with Crippen molar-refractivity contribution in [2.45, 2.75) is 39.5 Å². The van der Waals surface area contributed by atoms with Gasteiger partial charge in [-0.25, -0.2) is 9.97 Å². The molecule has 0 bridgehead atoms. The van der Waals surface area contributed by atoms with Crippen LogP contribution in [-0.4, -0.2) is 17.0 Å². The minimum atomic E-state index is 0.0133. The highest BCUT2D eigenvalue weighted by Crippen LogP contribution is 2.34. The highest BCUT2D eigenvalue weighted by Gasteiger charge is 2.20. The first-order chi connectivity index (χ1) is 9.94. The van der Waals surface area contributed by atoms with Crippen molar-refractivity contribution in [1.82, 2.24) is 9.97 Å². The second-order valence-corrected chi connectivity index (χ2v) is 6.03. The molecule has 0 spiro atoms. The second-order valence-electron chi connectivity index (χ2n) is 6.03. The third-order valence-corrected chi connectivity index (χ3v) is 3.37. The Balaban J connectivity index is 2.39. The van der Waals surface area contributed by atoms with E-state index in [-0.39, 0.29) is 5.41 Å². The minimum absolute atomic E-state index is 0.0133. The van der Waals surface area contributed by atoms with Crippen LogP contribution >= 0.6 is 0 Å². The Morgan fingerprint density at radius 3 is 2.52 bits per heavy atom. The fourth-order valence-corrected chi connectivity index (χ4v) is 2.12. The maximum absolute atomic E-state index is 5.99. The largest absolute Gasteiger partial charge is 0.439 e. The predicted molar refractivity (Wildman–Crippen MR) is 86.2 cm³/mol. The molecule has 0 fully saturated rings. The van der Waals surface area contributed by atoms with Crippen molar-refractivity contribution in [3.05, 3.63) is 41.7 Å². The van der Waals surface area contributed by atoms with E-state index < -0.39 is 0 Å². The van der Waals surface area contributed by atoms with Gasteiger partial charge in [0.15, 0.2) is 0 Å². The summed E-state index contributed by atoms with van der Waals surface area (Å²) in [6.07, 6.45) is 2.51. The van der Waals surface area contributed by atoms with Crippen LogP contribution in [0.4, 0.5) is 5.82 Å². The van der Waals surface area contributed by atoms with Gasteiger partial charge in [-0.05, 0) is 23.5 Å². The van der Waals surface area contributed by atoms with Gasteiger partial charge in [-0.15, -0.1) is 0 Å². The Morgan fingerprint density at radius 1 is 1.14 bits per heavy atom. The molecule has 0 saturated carbocycles. The van der Waals surface area contributed by atoms with E-state index in [1.54, 1.807) is 6.07 Å². The zero-order valence-electron chi connectivity index (χ0n) is 13.4. The lowest BCUT2D eigenvalue weighted by atomic mass is 9.85. The lowest BCUT2D eigenvalue weighted by Crippen LogP contribution is -2.13. The molecule has 0 radical (unpaired) electrons. The SMILES string of the molecule is CCc1ccc(Oc2cc(NC)ncn2)c(C(C)(C)C)c1. The van der Waals surface area contributed by atoms with Gasteiger partial charge in [0.1, 0.15) is 17.9 Å². The summed E-state index contributed by atoms with van der Waals surface area (Å²) in [6, 6.07) is 8.14. The quantitative estimate of drug-likeness (QED) is 0.915. The number of aromatic nitrogens is 2. The number of nitrogens with zero attached hydrogens (tertiary/aromatic N) is 2. The normalized spacial score (nSPS) is 11.3. The summed E-state index contributed by atoms with van der Waals surface area (Å²) >= 11 is 0. The second kappa shape index (κ2) is 6.12. The average Bonchev–Trinajstić information content (AvgIpc) is 2.46. The minimum Gasteiger partial charge on any atom is -0.439 e. The number of anilines is 1. The highest BCUT2D eigenvalue weighted by molar-refractivity contribution is 5.44. The molecule has 1 N–H and O–H groups in total. The fourth-order valence-electron chi connectivity index (χ4n) is 2.12. The number of nitrogens with one attached hydrogen (secondary N) is 1. The maximum Gasteiger partial charge on any atom is 0.224 e. The molecule has 112 valence electrons. The third kappa shape index (κ3) is 3.72. The van der Waals surface area contributed by atoms with Gasteiger partial charge >= 0.3 is 0 Å². The van der Waals surface area contributed by atoms with E-state index in [9.17, 15) is 0 Å². The number of aryl methyl sites for hydroxylation is 1. The molecule has 2 rings (SSSR count). The van der Waals surface area contributed by atoms with Crippen molar-refractivity contribution < 1.29 is 4.74 Å². The Bertz CT molecular complexity index is 618. The predicted octanol–water partition coefficient (Wildman–Crippen LogP) is 4.17. The molecule has 2 aromatic rings. The van der Waals surface area contributed by atoms with Gasteiger partial charge in [0, 0.05) is 18.7 Å². The van der Waals surface area contributed by atoms with Crippen LogP contribution < -0.4 is 10.1 Å². The van der Waals surface area contributed by atoms with Crippen molar-refractivity contribution in [1.29, 1.82) is 0 Å². The summed E-state index contributed by atoms with van der Waals surface area (Å²) < 4.78 is 5.99. The molecule has 1 aromatic carbocycles. The Morgan fingerprint density at radius 2 is 1.90 bits per heavy atom. The summed E-state index contributed by atoms with van der Waals surface area (Å²) in [4.78, 5) is 8.27. The van der Waals surface area contributed by atoms with Crippen LogP contribution in [0.1, 0.15) is 38.8 Å². The summed E-state index contributed by atoms with van der Waals surface area (Å²) in [5.74, 6) is 2.13. The molecule has 4 heteroatoms. The highest BCUT2D eigenvalue weighted by atomic mass is 16.5. The molecule has 0 aliphatic rings. The van der Waals surface area contributed by atoms with Gasteiger partial charge in [0.25, 0.3) is 0 Å². The zero-order chi connectivity index (χ0) is 15.5. The molecule has 0 unspecified atom stereocenters. The number of ether oxygens (including phenoxy) is 1. The molecule has 21 heavy (non-hydrogen) atoms. The summed E-state index contributed by atoms with van der Waals surface area (Å²) in [6.45, 7) is 8.72. The first kappa shape index (κ1) is 15.3. The number of hydrogen-bond donors (Lipinski definition) is 1. The van der Waals surface area contributed by atoms with Gasteiger partial charge in [0.05, 0.1) is 0 Å². The van der Waals surface area contributed by atoms with Gasteiger partial charge in [-0.3, -0.25) is 0 Å². The van der Waals surface area contributed by atoms with Crippen molar-refractivity contribution in [2.75, 3.05) is 12.4 Å². The van der Waals surface area contributed by atoms with Crippen molar-refractivity contribution in [3.63, 3.8) is 0 Å². The van der Waals surface area contributed by atoms with E-state index >= 15 is 0 Å².